The summed E-state index contributed by atoms with van der Waals surface area (Å²) >= 11 is 7.92. The third-order valence-electron chi connectivity index (χ3n) is 4.95. The maximum atomic E-state index is 6.33. The number of aromatic nitrogens is 2. The molecule has 0 fully saturated rings. The Morgan fingerprint density at radius 3 is 2.43 bits per heavy atom. The van der Waals surface area contributed by atoms with E-state index in [1.165, 1.54) is 5.56 Å². The molecule has 154 valence electrons. The fraction of sp³-hybridized carbons (Fsp3) is 0.250. The minimum absolute atomic E-state index is 0.243. The summed E-state index contributed by atoms with van der Waals surface area (Å²) in [6, 6.07) is 18.8. The first-order chi connectivity index (χ1) is 14.6. The van der Waals surface area contributed by atoms with Gasteiger partial charge in [0.15, 0.2) is 0 Å². The average molecular weight is 438 g/mol. The Morgan fingerprint density at radius 1 is 1.03 bits per heavy atom. The summed E-state index contributed by atoms with van der Waals surface area (Å²) in [6.45, 7) is 7.74. The van der Waals surface area contributed by atoms with Gasteiger partial charge >= 0.3 is 0 Å². The number of halogens is 1. The van der Waals surface area contributed by atoms with Gasteiger partial charge in [-0.2, -0.15) is 4.98 Å². The van der Waals surface area contributed by atoms with Crippen molar-refractivity contribution in [2.75, 3.05) is 11.5 Å². The number of fused-ring (bicyclic) bond motifs is 1. The van der Waals surface area contributed by atoms with Crippen molar-refractivity contribution in [2.24, 2.45) is 0 Å². The van der Waals surface area contributed by atoms with Crippen LogP contribution in [0, 0.1) is 0 Å². The minimum Gasteiger partial charge on any atom is -0.494 e. The standard InChI is InChI=1S/C24H24ClN3OS/c1-4-29-19-12-10-18(11-13-19)20-15-30-23-21(20)22(26-24(25)27-23)28(16(2)3)14-17-8-6-5-7-9-17/h5-13,15-16H,4,14H2,1-3H3. The van der Waals surface area contributed by atoms with E-state index in [1.807, 2.05) is 25.1 Å². The van der Waals surface area contributed by atoms with E-state index in [-0.39, 0.29) is 11.3 Å². The van der Waals surface area contributed by atoms with Crippen LogP contribution in [0.2, 0.25) is 5.28 Å². The zero-order valence-electron chi connectivity index (χ0n) is 17.3. The van der Waals surface area contributed by atoms with Gasteiger partial charge < -0.3 is 9.64 Å². The lowest BCUT2D eigenvalue weighted by atomic mass is 10.1. The fourth-order valence-electron chi connectivity index (χ4n) is 3.50. The van der Waals surface area contributed by atoms with E-state index in [1.54, 1.807) is 11.3 Å². The first kappa shape index (κ1) is 20.6. The molecule has 0 atom stereocenters. The lowest BCUT2D eigenvalue weighted by Gasteiger charge is -2.29. The molecule has 0 aliphatic rings. The second-order valence-electron chi connectivity index (χ2n) is 7.31. The molecule has 0 aliphatic heterocycles. The van der Waals surface area contributed by atoms with Crippen LogP contribution in [0.5, 0.6) is 5.75 Å². The Hall–Kier alpha value is -2.63. The van der Waals surface area contributed by atoms with E-state index >= 15 is 0 Å². The molecule has 0 radical (unpaired) electrons. The van der Waals surface area contributed by atoms with Crippen LogP contribution < -0.4 is 9.64 Å². The van der Waals surface area contributed by atoms with Crippen molar-refractivity contribution < 1.29 is 4.74 Å². The predicted molar refractivity (Wildman–Crippen MR) is 127 cm³/mol. The van der Waals surface area contributed by atoms with Crippen LogP contribution in [0.4, 0.5) is 5.82 Å². The Kier molecular flexibility index (Phi) is 6.21. The number of ether oxygens (including phenoxy) is 1. The molecule has 0 unspecified atom stereocenters. The quantitative estimate of drug-likeness (QED) is 0.297. The Balaban J connectivity index is 1.83. The van der Waals surface area contributed by atoms with Gasteiger partial charge in [0.05, 0.1) is 12.0 Å². The molecule has 0 bridgehead atoms. The van der Waals surface area contributed by atoms with Gasteiger partial charge in [0.2, 0.25) is 5.28 Å². The van der Waals surface area contributed by atoms with Crippen LogP contribution in [0.15, 0.2) is 60.0 Å². The number of thiophene rings is 1. The molecule has 0 saturated heterocycles. The van der Waals surface area contributed by atoms with Gasteiger partial charge in [0.25, 0.3) is 0 Å². The third kappa shape index (κ3) is 4.27. The second kappa shape index (κ2) is 9.02. The van der Waals surface area contributed by atoms with Gasteiger partial charge in [0.1, 0.15) is 16.4 Å². The van der Waals surface area contributed by atoms with Crippen molar-refractivity contribution in [1.82, 2.24) is 9.97 Å². The largest absolute Gasteiger partial charge is 0.494 e. The lowest BCUT2D eigenvalue weighted by Crippen LogP contribution is -2.31. The average Bonchev–Trinajstić information content (AvgIpc) is 3.16. The van der Waals surface area contributed by atoms with Crippen LogP contribution in [-0.4, -0.2) is 22.6 Å². The summed E-state index contributed by atoms with van der Waals surface area (Å²) in [5.74, 6) is 1.74. The Morgan fingerprint density at radius 2 is 1.77 bits per heavy atom. The van der Waals surface area contributed by atoms with Crippen molar-refractivity contribution in [3.8, 4) is 16.9 Å². The number of anilines is 1. The van der Waals surface area contributed by atoms with Gasteiger partial charge in [-0.15, -0.1) is 11.3 Å². The molecule has 2 aromatic heterocycles. The van der Waals surface area contributed by atoms with E-state index in [0.717, 1.165) is 39.5 Å². The van der Waals surface area contributed by atoms with Crippen molar-refractivity contribution >= 4 is 39.0 Å². The van der Waals surface area contributed by atoms with E-state index in [4.69, 9.17) is 16.3 Å². The topological polar surface area (TPSA) is 38.3 Å². The van der Waals surface area contributed by atoms with Gasteiger partial charge in [-0.25, -0.2) is 4.98 Å². The van der Waals surface area contributed by atoms with Gasteiger partial charge in [-0.1, -0.05) is 42.5 Å². The molecule has 4 rings (SSSR count). The van der Waals surface area contributed by atoms with E-state index in [2.05, 4.69) is 70.5 Å². The molecule has 0 aliphatic carbocycles. The fourth-order valence-corrected chi connectivity index (χ4v) is 4.65. The van der Waals surface area contributed by atoms with E-state index < -0.39 is 0 Å². The molecule has 6 heteroatoms. The number of nitrogens with zero attached hydrogens (tertiary/aromatic N) is 3. The summed E-state index contributed by atoms with van der Waals surface area (Å²) in [4.78, 5) is 12.4. The van der Waals surface area contributed by atoms with E-state index in [9.17, 15) is 0 Å². The highest BCUT2D eigenvalue weighted by atomic mass is 35.5. The Bertz CT molecular complexity index is 1130. The molecule has 2 aromatic carbocycles. The molecule has 0 spiro atoms. The molecular weight excluding hydrogens is 414 g/mol. The zero-order valence-corrected chi connectivity index (χ0v) is 18.9. The zero-order chi connectivity index (χ0) is 21.1. The van der Waals surface area contributed by atoms with Crippen LogP contribution in [0.25, 0.3) is 21.3 Å². The van der Waals surface area contributed by atoms with Crippen molar-refractivity contribution in [1.29, 1.82) is 0 Å². The predicted octanol–water partition coefficient (Wildman–Crippen LogP) is 6.83. The molecule has 0 N–H and O–H groups in total. The van der Waals surface area contributed by atoms with Crippen molar-refractivity contribution in [2.45, 2.75) is 33.4 Å². The SMILES string of the molecule is CCOc1ccc(-c2csc3nc(Cl)nc(N(Cc4ccccc4)C(C)C)c23)cc1. The summed E-state index contributed by atoms with van der Waals surface area (Å²) < 4.78 is 5.59. The lowest BCUT2D eigenvalue weighted by molar-refractivity contribution is 0.340. The molecule has 4 nitrogen and oxygen atoms in total. The first-order valence-corrected chi connectivity index (χ1v) is 11.3. The molecule has 4 aromatic rings. The van der Waals surface area contributed by atoms with Gasteiger partial charge in [0, 0.05) is 23.5 Å². The van der Waals surface area contributed by atoms with Crippen molar-refractivity contribution in [3.63, 3.8) is 0 Å². The van der Waals surface area contributed by atoms with Gasteiger partial charge in [-0.3, -0.25) is 0 Å². The molecule has 2 heterocycles. The highest BCUT2D eigenvalue weighted by Crippen LogP contribution is 2.40. The van der Waals surface area contributed by atoms with E-state index in [0.29, 0.717) is 6.61 Å². The summed E-state index contributed by atoms with van der Waals surface area (Å²) in [7, 11) is 0. The van der Waals surface area contributed by atoms with Crippen LogP contribution >= 0.6 is 22.9 Å². The maximum absolute atomic E-state index is 6.33. The normalized spacial score (nSPS) is 11.2. The Labute approximate surface area is 186 Å². The van der Waals surface area contributed by atoms with Gasteiger partial charge in [-0.05, 0) is 55.6 Å². The summed E-state index contributed by atoms with van der Waals surface area (Å²) in [5.41, 5.74) is 3.45. The first-order valence-electron chi connectivity index (χ1n) is 10.1. The third-order valence-corrected chi connectivity index (χ3v) is 6.00. The van der Waals surface area contributed by atoms with Crippen LogP contribution in [0.3, 0.4) is 0 Å². The molecule has 0 saturated carbocycles. The number of hydrogen-bond donors (Lipinski definition) is 0. The summed E-state index contributed by atoms with van der Waals surface area (Å²) in [6.07, 6.45) is 0. The highest BCUT2D eigenvalue weighted by molar-refractivity contribution is 7.17. The molecule has 0 amide bonds. The van der Waals surface area contributed by atoms with Crippen molar-refractivity contribution in [3.05, 3.63) is 70.8 Å². The molecule has 30 heavy (non-hydrogen) atoms. The smallest absolute Gasteiger partial charge is 0.225 e. The maximum Gasteiger partial charge on any atom is 0.225 e. The number of benzene rings is 2. The monoisotopic (exact) mass is 437 g/mol. The minimum atomic E-state index is 0.243. The highest BCUT2D eigenvalue weighted by Gasteiger charge is 2.21. The van der Waals surface area contributed by atoms with Crippen LogP contribution in [0.1, 0.15) is 26.3 Å². The number of rotatable bonds is 7. The second-order valence-corrected chi connectivity index (χ2v) is 8.51. The molecular formula is C24H24ClN3OS. The van der Waals surface area contributed by atoms with Crippen LogP contribution in [-0.2, 0) is 6.54 Å². The summed E-state index contributed by atoms with van der Waals surface area (Å²) in [5, 5.41) is 3.45. The number of hydrogen-bond acceptors (Lipinski definition) is 5.